The molecule has 0 aromatic rings. The standard InChI is InChI=1S/C12H21N3O6/c1-8(10(16)15-3-5-21-6-4-15)14-12(19)13-7-9(20-2)11(17)18/h8-9H,3-7H2,1-2H3,(H,17,18)(H2,13,14,19). The average molecular weight is 303 g/mol. The minimum Gasteiger partial charge on any atom is -0.479 e. The van der Waals surface area contributed by atoms with Gasteiger partial charge in [0.25, 0.3) is 0 Å². The molecule has 0 spiro atoms. The summed E-state index contributed by atoms with van der Waals surface area (Å²) >= 11 is 0. The Bertz CT molecular complexity index is 383. The highest BCUT2D eigenvalue weighted by Crippen LogP contribution is 2.00. The van der Waals surface area contributed by atoms with Crippen molar-refractivity contribution in [2.75, 3.05) is 40.0 Å². The van der Waals surface area contributed by atoms with E-state index in [9.17, 15) is 14.4 Å². The van der Waals surface area contributed by atoms with Crippen molar-refractivity contribution in [1.82, 2.24) is 15.5 Å². The molecule has 1 heterocycles. The third-order valence-electron chi connectivity index (χ3n) is 3.05. The van der Waals surface area contributed by atoms with Crippen LogP contribution in [0.4, 0.5) is 4.79 Å². The van der Waals surface area contributed by atoms with Crippen molar-refractivity contribution < 1.29 is 29.0 Å². The van der Waals surface area contributed by atoms with Crippen molar-refractivity contribution in [1.29, 1.82) is 0 Å². The number of carbonyl (C=O) groups excluding carboxylic acids is 2. The van der Waals surface area contributed by atoms with E-state index in [-0.39, 0.29) is 12.5 Å². The van der Waals surface area contributed by atoms with Crippen molar-refractivity contribution in [2.24, 2.45) is 0 Å². The summed E-state index contributed by atoms with van der Waals surface area (Å²) in [6, 6.07) is -1.32. The van der Waals surface area contributed by atoms with Gasteiger partial charge in [0, 0.05) is 20.2 Å². The van der Waals surface area contributed by atoms with Gasteiger partial charge in [0.05, 0.1) is 19.8 Å². The van der Waals surface area contributed by atoms with Crippen LogP contribution >= 0.6 is 0 Å². The van der Waals surface area contributed by atoms with E-state index in [1.807, 2.05) is 0 Å². The van der Waals surface area contributed by atoms with Crippen LogP contribution in [0.1, 0.15) is 6.92 Å². The highest BCUT2D eigenvalue weighted by molar-refractivity contribution is 5.87. The van der Waals surface area contributed by atoms with Crippen molar-refractivity contribution >= 4 is 17.9 Å². The first kappa shape index (κ1) is 17.2. The maximum Gasteiger partial charge on any atom is 0.334 e. The largest absolute Gasteiger partial charge is 0.479 e. The van der Waals surface area contributed by atoms with Crippen LogP contribution in [0.15, 0.2) is 0 Å². The predicted octanol–water partition coefficient (Wildman–Crippen LogP) is -1.37. The van der Waals surface area contributed by atoms with Crippen LogP contribution in [0.3, 0.4) is 0 Å². The molecule has 3 amide bonds. The first-order valence-electron chi connectivity index (χ1n) is 6.62. The van der Waals surface area contributed by atoms with Crippen molar-refractivity contribution in [3.05, 3.63) is 0 Å². The molecule has 0 radical (unpaired) electrons. The molecule has 2 atom stereocenters. The normalized spacial score (nSPS) is 17.7. The molecular weight excluding hydrogens is 282 g/mol. The van der Waals surface area contributed by atoms with Gasteiger partial charge < -0.3 is 30.1 Å². The molecule has 9 nitrogen and oxygen atoms in total. The number of morpholine rings is 1. The lowest BCUT2D eigenvalue weighted by Crippen LogP contribution is -2.53. The van der Waals surface area contributed by atoms with Gasteiger partial charge in [-0.3, -0.25) is 4.79 Å². The second-order valence-corrected chi connectivity index (χ2v) is 4.58. The number of carboxylic acids is 1. The molecule has 1 aliphatic rings. The molecule has 0 aromatic carbocycles. The molecule has 9 heteroatoms. The van der Waals surface area contributed by atoms with Crippen molar-refractivity contribution in [3.8, 4) is 0 Å². The van der Waals surface area contributed by atoms with Crippen LogP contribution in [-0.2, 0) is 19.1 Å². The number of rotatable bonds is 6. The highest BCUT2D eigenvalue weighted by atomic mass is 16.5. The van der Waals surface area contributed by atoms with Gasteiger partial charge >= 0.3 is 12.0 Å². The Labute approximate surface area is 122 Å². The lowest BCUT2D eigenvalue weighted by atomic mass is 10.2. The van der Waals surface area contributed by atoms with Crippen LogP contribution < -0.4 is 10.6 Å². The Hall–Kier alpha value is -1.87. The van der Waals surface area contributed by atoms with Gasteiger partial charge in [0.15, 0.2) is 6.10 Å². The van der Waals surface area contributed by atoms with Crippen LogP contribution in [0.2, 0.25) is 0 Å². The number of carbonyl (C=O) groups is 3. The molecule has 0 bridgehead atoms. The number of nitrogens with zero attached hydrogens (tertiary/aromatic N) is 1. The van der Waals surface area contributed by atoms with Crippen LogP contribution in [-0.4, -0.2) is 80.0 Å². The van der Waals surface area contributed by atoms with Gasteiger partial charge in [0.2, 0.25) is 5.91 Å². The van der Waals surface area contributed by atoms with Gasteiger partial charge in [-0.1, -0.05) is 0 Å². The number of hydrogen-bond donors (Lipinski definition) is 3. The average Bonchev–Trinajstić information content (AvgIpc) is 2.47. The van der Waals surface area contributed by atoms with Gasteiger partial charge in [-0.25, -0.2) is 9.59 Å². The van der Waals surface area contributed by atoms with Gasteiger partial charge in [-0.2, -0.15) is 0 Å². The zero-order valence-corrected chi connectivity index (χ0v) is 12.1. The molecule has 0 aliphatic carbocycles. The summed E-state index contributed by atoms with van der Waals surface area (Å²) in [6.07, 6.45) is -1.12. The van der Waals surface area contributed by atoms with E-state index in [0.29, 0.717) is 26.3 Å². The van der Waals surface area contributed by atoms with E-state index in [1.54, 1.807) is 11.8 Å². The first-order valence-corrected chi connectivity index (χ1v) is 6.62. The van der Waals surface area contributed by atoms with E-state index in [4.69, 9.17) is 9.84 Å². The van der Waals surface area contributed by atoms with E-state index in [0.717, 1.165) is 0 Å². The number of amides is 3. The Morgan fingerprint density at radius 2 is 1.95 bits per heavy atom. The summed E-state index contributed by atoms with van der Waals surface area (Å²) in [6.45, 7) is 3.35. The molecule has 0 saturated carbocycles. The maximum atomic E-state index is 12.0. The number of nitrogens with one attached hydrogen (secondary N) is 2. The molecule has 1 aliphatic heterocycles. The highest BCUT2D eigenvalue weighted by Gasteiger charge is 2.24. The van der Waals surface area contributed by atoms with E-state index < -0.39 is 24.1 Å². The first-order chi connectivity index (χ1) is 9.95. The van der Waals surface area contributed by atoms with E-state index in [2.05, 4.69) is 15.4 Å². The second kappa shape index (κ2) is 8.42. The number of aliphatic carboxylic acids is 1. The fourth-order valence-electron chi connectivity index (χ4n) is 1.82. The molecule has 1 rings (SSSR count). The zero-order chi connectivity index (χ0) is 15.8. The van der Waals surface area contributed by atoms with Crippen LogP contribution in [0, 0.1) is 0 Å². The lowest BCUT2D eigenvalue weighted by Gasteiger charge is -2.29. The minimum atomic E-state index is -1.17. The molecule has 1 fully saturated rings. The van der Waals surface area contributed by atoms with Crippen molar-refractivity contribution in [3.63, 3.8) is 0 Å². The summed E-state index contributed by atoms with van der Waals surface area (Å²) < 4.78 is 9.83. The Morgan fingerprint density at radius 1 is 1.33 bits per heavy atom. The predicted molar refractivity (Wildman–Crippen MR) is 71.8 cm³/mol. The molecule has 120 valence electrons. The SMILES string of the molecule is COC(CNC(=O)NC(C)C(=O)N1CCOCC1)C(=O)O. The van der Waals surface area contributed by atoms with E-state index >= 15 is 0 Å². The summed E-state index contributed by atoms with van der Waals surface area (Å²) in [5.41, 5.74) is 0. The molecule has 2 unspecified atom stereocenters. The minimum absolute atomic E-state index is 0.184. The number of ether oxygens (including phenoxy) is 2. The van der Waals surface area contributed by atoms with Gasteiger partial charge in [-0.05, 0) is 6.92 Å². The molecule has 3 N–H and O–H groups in total. The third kappa shape index (κ3) is 5.56. The van der Waals surface area contributed by atoms with Crippen molar-refractivity contribution in [2.45, 2.75) is 19.1 Å². The molecule has 0 aromatic heterocycles. The Kier molecular flexibility index (Phi) is 6.89. The summed E-state index contributed by atoms with van der Waals surface area (Å²) in [5.74, 6) is -1.37. The number of urea groups is 1. The topological polar surface area (TPSA) is 117 Å². The Morgan fingerprint density at radius 3 is 2.48 bits per heavy atom. The zero-order valence-electron chi connectivity index (χ0n) is 12.1. The van der Waals surface area contributed by atoms with Crippen LogP contribution in [0.5, 0.6) is 0 Å². The number of carboxylic acid groups (broad SMARTS) is 1. The van der Waals surface area contributed by atoms with Gasteiger partial charge in [0.1, 0.15) is 6.04 Å². The Balaban J connectivity index is 2.35. The summed E-state index contributed by atoms with van der Waals surface area (Å²) in [5, 5.41) is 13.6. The third-order valence-corrected chi connectivity index (χ3v) is 3.05. The number of methoxy groups -OCH3 is 1. The summed E-state index contributed by atoms with van der Waals surface area (Å²) in [7, 11) is 1.24. The molecule has 21 heavy (non-hydrogen) atoms. The fraction of sp³-hybridized carbons (Fsp3) is 0.750. The maximum absolute atomic E-state index is 12.0. The summed E-state index contributed by atoms with van der Waals surface area (Å²) in [4.78, 5) is 36.0. The van der Waals surface area contributed by atoms with Crippen LogP contribution in [0.25, 0.3) is 0 Å². The number of hydrogen-bond acceptors (Lipinski definition) is 5. The lowest BCUT2D eigenvalue weighted by molar-refractivity contribution is -0.148. The quantitative estimate of drug-likeness (QED) is 0.557. The van der Waals surface area contributed by atoms with Gasteiger partial charge in [-0.15, -0.1) is 0 Å². The molecule has 1 saturated heterocycles. The fourth-order valence-corrected chi connectivity index (χ4v) is 1.82. The monoisotopic (exact) mass is 303 g/mol. The smallest absolute Gasteiger partial charge is 0.334 e. The molecular formula is C12H21N3O6. The second-order valence-electron chi connectivity index (χ2n) is 4.58. The van der Waals surface area contributed by atoms with E-state index in [1.165, 1.54) is 7.11 Å².